The van der Waals surface area contributed by atoms with Crippen LogP contribution in [0.25, 0.3) is 10.9 Å². The zero-order valence-corrected chi connectivity index (χ0v) is 10.3. The lowest BCUT2D eigenvalue weighted by Crippen LogP contribution is -2.07. The largest absolute Gasteiger partial charge is 0.380 e. The van der Waals surface area contributed by atoms with E-state index in [1.807, 2.05) is 31.2 Å². The van der Waals surface area contributed by atoms with Crippen molar-refractivity contribution in [2.75, 3.05) is 13.2 Å². The van der Waals surface area contributed by atoms with Crippen LogP contribution in [0.5, 0.6) is 0 Å². The molecule has 0 amide bonds. The van der Waals surface area contributed by atoms with Crippen molar-refractivity contribution < 1.29 is 9.53 Å². The second-order valence-electron chi connectivity index (χ2n) is 3.56. The van der Waals surface area contributed by atoms with Gasteiger partial charge in [-0.2, -0.15) is 5.10 Å². The third-order valence-electron chi connectivity index (χ3n) is 2.50. The van der Waals surface area contributed by atoms with Gasteiger partial charge in [0.05, 0.1) is 18.7 Å². The minimum atomic E-state index is -0.531. The van der Waals surface area contributed by atoms with Gasteiger partial charge in [0.25, 0.3) is 5.24 Å². The van der Waals surface area contributed by atoms with Crippen molar-refractivity contribution in [3.63, 3.8) is 0 Å². The summed E-state index contributed by atoms with van der Waals surface area (Å²) in [5.74, 6) is 0. The first kappa shape index (κ1) is 12.1. The van der Waals surface area contributed by atoms with Gasteiger partial charge in [-0.15, -0.1) is 0 Å². The molecule has 2 aromatic rings. The van der Waals surface area contributed by atoms with Crippen LogP contribution in [0.1, 0.15) is 17.4 Å². The number of hydrogen-bond donors (Lipinski definition) is 0. The highest BCUT2D eigenvalue weighted by Gasteiger charge is 2.14. The first-order valence-corrected chi connectivity index (χ1v) is 5.85. The summed E-state index contributed by atoms with van der Waals surface area (Å²) in [6.45, 7) is 3.78. The Bertz CT molecular complexity index is 536. The average molecular weight is 253 g/mol. The molecule has 0 aliphatic heterocycles. The van der Waals surface area contributed by atoms with Gasteiger partial charge in [0.15, 0.2) is 5.69 Å². The number of nitrogens with zero attached hydrogens (tertiary/aromatic N) is 2. The molecule has 1 aromatic heterocycles. The zero-order valence-electron chi connectivity index (χ0n) is 9.52. The molecule has 0 unspecified atom stereocenters. The van der Waals surface area contributed by atoms with Crippen molar-refractivity contribution in [3.05, 3.63) is 30.0 Å². The molecule has 0 aliphatic rings. The van der Waals surface area contributed by atoms with E-state index in [9.17, 15) is 4.79 Å². The maximum atomic E-state index is 11.3. The highest BCUT2D eigenvalue weighted by atomic mass is 35.5. The van der Waals surface area contributed by atoms with E-state index in [2.05, 4.69) is 5.10 Å². The molecule has 0 spiro atoms. The van der Waals surface area contributed by atoms with Crippen LogP contribution < -0.4 is 0 Å². The summed E-state index contributed by atoms with van der Waals surface area (Å²) < 4.78 is 7.03. The number of rotatable bonds is 5. The number of aromatic nitrogens is 2. The lowest BCUT2D eigenvalue weighted by molar-refractivity contribution is 0.107. The number of fused-ring (bicyclic) bond motifs is 1. The van der Waals surface area contributed by atoms with E-state index in [-0.39, 0.29) is 0 Å². The topological polar surface area (TPSA) is 44.1 Å². The fourth-order valence-corrected chi connectivity index (χ4v) is 1.88. The Morgan fingerprint density at radius 3 is 2.94 bits per heavy atom. The van der Waals surface area contributed by atoms with Gasteiger partial charge in [-0.05, 0) is 24.6 Å². The summed E-state index contributed by atoms with van der Waals surface area (Å²) in [6, 6.07) is 7.52. The third kappa shape index (κ3) is 2.48. The molecule has 17 heavy (non-hydrogen) atoms. The van der Waals surface area contributed by atoms with Crippen molar-refractivity contribution in [3.8, 4) is 0 Å². The molecule has 5 heteroatoms. The molecule has 0 atom stereocenters. The van der Waals surface area contributed by atoms with Crippen LogP contribution in [0.4, 0.5) is 0 Å². The Morgan fingerprint density at radius 2 is 2.24 bits per heavy atom. The van der Waals surface area contributed by atoms with Gasteiger partial charge >= 0.3 is 0 Å². The normalized spacial score (nSPS) is 10.9. The van der Waals surface area contributed by atoms with Crippen molar-refractivity contribution >= 4 is 27.7 Å². The van der Waals surface area contributed by atoms with E-state index in [1.165, 1.54) is 0 Å². The summed E-state index contributed by atoms with van der Waals surface area (Å²) in [4.78, 5) is 11.3. The molecule has 0 fully saturated rings. The van der Waals surface area contributed by atoms with Crippen LogP contribution in [0.3, 0.4) is 0 Å². The first-order valence-electron chi connectivity index (χ1n) is 5.47. The summed E-state index contributed by atoms with van der Waals surface area (Å²) in [6.07, 6.45) is 0. The molecule has 1 heterocycles. The Hall–Kier alpha value is -1.39. The van der Waals surface area contributed by atoms with E-state index in [1.54, 1.807) is 4.68 Å². The SMILES string of the molecule is CCOCCn1nc(C(=O)Cl)c2ccccc21. The van der Waals surface area contributed by atoms with E-state index in [0.29, 0.717) is 25.5 Å². The highest BCUT2D eigenvalue weighted by molar-refractivity contribution is 6.68. The molecule has 1 aromatic carbocycles. The average Bonchev–Trinajstić information content (AvgIpc) is 2.69. The molecule has 0 saturated carbocycles. The van der Waals surface area contributed by atoms with Crippen LogP contribution >= 0.6 is 11.6 Å². The number of benzene rings is 1. The van der Waals surface area contributed by atoms with Crippen LogP contribution in [-0.4, -0.2) is 28.2 Å². The molecule has 0 radical (unpaired) electrons. The van der Waals surface area contributed by atoms with Gasteiger partial charge in [0.1, 0.15) is 0 Å². The van der Waals surface area contributed by atoms with E-state index < -0.39 is 5.24 Å². The number of hydrogen-bond acceptors (Lipinski definition) is 3. The number of para-hydroxylation sites is 1. The number of carbonyl (C=O) groups excluding carboxylic acids is 1. The second-order valence-corrected chi connectivity index (χ2v) is 3.90. The van der Waals surface area contributed by atoms with E-state index in [4.69, 9.17) is 16.3 Å². The van der Waals surface area contributed by atoms with E-state index in [0.717, 1.165) is 10.9 Å². The first-order chi connectivity index (χ1) is 8.24. The quantitative estimate of drug-likeness (QED) is 0.607. The molecular formula is C12H13ClN2O2. The lowest BCUT2D eigenvalue weighted by atomic mass is 10.2. The van der Waals surface area contributed by atoms with Crippen molar-refractivity contribution in [2.24, 2.45) is 0 Å². The molecule has 0 bridgehead atoms. The number of carbonyl (C=O) groups is 1. The van der Waals surface area contributed by atoms with Crippen LogP contribution in [0.15, 0.2) is 24.3 Å². The Labute approximate surface area is 104 Å². The maximum absolute atomic E-state index is 11.3. The molecule has 90 valence electrons. The van der Waals surface area contributed by atoms with Gasteiger partial charge in [-0.1, -0.05) is 18.2 Å². The maximum Gasteiger partial charge on any atom is 0.273 e. The van der Waals surface area contributed by atoms with Gasteiger partial charge in [-0.3, -0.25) is 9.48 Å². The standard InChI is InChI=1S/C12H13ClN2O2/c1-2-17-8-7-15-10-6-4-3-5-9(10)11(14-15)12(13)16/h3-6H,2,7-8H2,1H3. The molecule has 4 nitrogen and oxygen atoms in total. The number of halogens is 1. The summed E-state index contributed by atoms with van der Waals surface area (Å²) in [7, 11) is 0. The summed E-state index contributed by atoms with van der Waals surface area (Å²) in [5, 5.41) is 4.47. The molecule has 0 N–H and O–H groups in total. The predicted octanol–water partition coefficient (Wildman–Crippen LogP) is 2.45. The Morgan fingerprint density at radius 1 is 1.47 bits per heavy atom. The van der Waals surface area contributed by atoms with Gasteiger partial charge in [0, 0.05) is 12.0 Å². The van der Waals surface area contributed by atoms with Crippen molar-refractivity contribution in [2.45, 2.75) is 13.5 Å². The Kier molecular flexibility index (Phi) is 3.76. The fraction of sp³-hybridized carbons (Fsp3) is 0.333. The van der Waals surface area contributed by atoms with E-state index >= 15 is 0 Å². The molecular weight excluding hydrogens is 240 g/mol. The summed E-state index contributed by atoms with van der Waals surface area (Å²) >= 11 is 5.51. The molecule has 0 saturated heterocycles. The summed E-state index contributed by atoms with van der Waals surface area (Å²) in [5.41, 5.74) is 1.20. The zero-order chi connectivity index (χ0) is 12.3. The molecule has 2 rings (SSSR count). The van der Waals surface area contributed by atoms with Gasteiger partial charge in [-0.25, -0.2) is 0 Å². The van der Waals surface area contributed by atoms with Gasteiger partial charge < -0.3 is 4.74 Å². The number of ether oxygens (including phenoxy) is 1. The van der Waals surface area contributed by atoms with Crippen LogP contribution in [0.2, 0.25) is 0 Å². The fourth-order valence-electron chi connectivity index (χ4n) is 1.74. The smallest absolute Gasteiger partial charge is 0.273 e. The van der Waals surface area contributed by atoms with Gasteiger partial charge in [0.2, 0.25) is 0 Å². The monoisotopic (exact) mass is 252 g/mol. The molecule has 0 aliphatic carbocycles. The van der Waals surface area contributed by atoms with Crippen molar-refractivity contribution in [1.29, 1.82) is 0 Å². The lowest BCUT2D eigenvalue weighted by Gasteiger charge is -2.02. The van der Waals surface area contributed by atoms with Crippen LogP contribution in [-0.2, 0) is 11.3 Å². The minimum absolute atomic E-state index is 0.304. The predicted molar refractivity (Wildman–Crippen MR) is 66.4 cm³/mol. The third-order valence-corrected chi connectivity index (χ3v) is 2.67. The Balaban J connectivity index is 2.38. The van der Waals surface area contributed by atoms with Crippen LogP contribution in [0, 0.1) is 0 Å². The highest BCUT2D eigenvalue weighted by Crippen LogP contribution is 2.19. The van der Waals surface area contributed by atoms with Crippen molar-refractivity contribution in [1.82, 2.24) is 9.78 Å². The second kappa shape index (κ2) is 5.29. The minimum Gasteiger partial charge on any atom is -0.380 e.